The van der Waals surface area contributed by atoms with Crippen LogP contribution in [0.15, 0.2) is 23.2 Å². The van der Waals surface area contributed by atoms with Gasteiger partial charge in [-0.05, 0) is 32.4 Å². The fourth-order valence-corrected chi connectivity index (χ4v) is 1.94. The first kappa shape index (κ1) is 16.3. The van der Waals surface area contributed by atoms with Crippen LogP contribution < -0.4 is 24.8 Å². The molecule has 1 aliphatic heterocycles. The Morgan fingerprint density at radius 1 is 1.32 bits per heavy atom. The van der Waals surface area contributed by atoms with Gasteiger partial charge in [-0.2, -0.15) is 0 Å². The largest absolute Gasteiger partial charge is 0.492 e. The minimum atomic E-state index is 0.274. The van der Waals surface area contributed by atoms with Crippen molar-refractivity contribution in [3.63, 3.8) is 0 Å². The molecule has 0 fully saturated rings. The molecular formula is C16H25N3O3. The van der Waals surface area contributed by atoms with E-state index in [0.29, 0.717) is 19.2 Å². The second-order valence-electron chi connectivity index (χ2n) is 5.08. The van der Waals surface area contributed by atoms with Gasteiger partial charge in [0.15, 0.2) is 17.5 Å². The van der Waals surface area contributed by atoms with Crippen molar-refractivity contribution in [1.29, 1.82) is 0 Å². The summed E-state index contributed by atoms with van der Waals surface area (Å²) in [6.07, 6.45) is 1.05. The summed E-state index contributed by atoms with van der Waals surface area (Å²) in [5.74, 6) is 3.08. The first-order valence-electron chi connectivity index (χ1n) is 7.80. The number of rotatable bonds is 7. The van der Waals surface area contributed by atoms with Crippen LogP contribution in [0.1, 0.15) is 27.2 Å². The molecule has 1 aromatic rings. The number of hydrogen-bond donors (Lipinski definition) is 2. The van der Waals surface area contributed by atoms with Crippen LogP contribution in [0.4, 0.5) is 0 Å². The molecule has 1 atom stereocenters. The van der Waals surface area contributed by atoms with Gasteiger partial charge in [-0.1, -0.05) is 6.92 Å². The van der Waals surface area contributed by atoms with Crippen molar-refractivity contribution in [1.82, 2.24) is 10.6 Å². The average Bonchev–Trinajstić information content (AvgIpc) is 2.99. The Labute approximate surface area is 131 Å². The molecule has 122 valence electrons. The number of aliphatic imine (C=N–C) groups is 1. The van der Waals surface area contributed by atoms with Crippen molar-refractivity contribution in [3.8, 4) is 17.2 Å². The summed E-state index contributed by atoms with van der Waals surface area (Å²) in [7, 11) is 0. The predicted octanol–water partition coefficient (Wildman–Crippen LogP) is 2.15. The van der Waals surface area contributed by atoms with Crippen molar-refractivity contribution >= 4 is 5.96 Å². The van der Waals surface area contributed by atoms with Crippen LogP contribution in [-0.4, -0.2) is 38.5 Å². The minimum absolute atomic E-state index is 0.274. The van der Waals surface area contributed by atoms with Crippen LogP contribution in [-0.2, 0) is 0 Å². The SMILES string of the molecule is CCNC(=NCCOc1ccc2c(c1)OCO2)NC(C)CC. The number of nitrogens with one attached hydrogen (secondary N) is 2. The molecule has 1 aliphatic rings. The van der Waals surface area contributed by atoms with Gasteiger partial charge in [0.1, 0.15) is 12.4 Å². The van der Waals surface area contributed by atoms with E-state index >= 15 is 0 Å². The standard InChI is InChI=1S/C16H25N3O3/c1-4-12(3)19-16(17-5-2)18-8-9-20-13-6-7-14-15(10-13)22-11-21-14/h6-7,10,12H,4-5,8-9,11H2,1-3H3,(H2,17,18,19). The normalized spacial score (nSPS) is 14.6. The van der Waals surface area contributed by atoms with Gasteiger partial charge in [-0.25, -0.2) is 4.99 Å². The van der Waals surface area contributed by atoms with Gasteiger partial charge in [0, 0.05) is 18.7 Å². The number of ether oxygens (including phenoxy) is 3. The van der Waals surface area contributed by atoms with Crippen LogP contribution >= 0.6 is 0 Å². The van der Waals surface area contributed by atoms with E-state index in [2.05, 4.69) is 36.4 Å². The molecule has 6 heteroatoms. The lowest BCUT2D eigenvalue weighted by atomic mass is 10.3. The highest BCUT2D eigenvalue weighted by Gasteiger charge is 2.13. The number of guanidine groups is 1. The Bertz CT molecular complexity index is 505. The van der Waals surface area contributed by atoms with Crippen molar-refractivity contribution in [2.45, 2.75) is 33.2 Å². The molecule has 0 spiro atoms. The summed E-state index contributed by atoms with van der Waals surface area (Å²) >= 11 is 0. The maximum absolute atomic E-state index is 5.69. The zero-order valence-electron chi connectivity index (χ0n) is 13.5. The molecule has 0 amide bonds. The van der Waals surface area contributed by atoms with Crippen LogP contribution in [0.3, 0.4) is 0 Å². The quantitative estimate of drug-likeness (QED) is 0.459. The van der Waals surface area contributed by atoms with E-state index in [-0.39, 0.29) is 6.79 Å². The van der Waals surface area contributed by atoms with Crippen molar-refractivity contribution in [2.24, 2.45) is 4.99 Å². The van der Waals surface area contributed by atoms with E-state index in [4.69, 9.17) is 14.2 Å². The lowest BCUT2D eigenvalue weighted by Crippen LogP contribution is -2.42. The number of benzene rings is 1. The monoisotopic (exact) mass is 307 g/mol. The van der Waals surface area contributed by atoms with E-state index in [1.54, 1.807) is 0 Å². The van der Waals surface area contributed by atoms with Crippen LogP contribution in [0.25, 0.3) is 0 Å². The maximum atomic E-state index is 5.69. The Morgan fingerprint density at radius 3 is 2.91 bits per heavy atom. The first-order valence-corrected chi connectivity index (χ1v) is 7.80. The maximum Gasteiger partial charge on any atom is 0.231 e. The average molecular weight is 307 g/mol. The highest BCUT2D eigenvalue weighted by molar-refractivity contribution is 5.80. The minimum Gasteiger partial charge on any atom is -0.492 e. The van der Waals surface area contributed by atoms with Gasteiger partial charge in [0.2, 0.25) is 6.79 Å². The second kappa shape index (κ2) is 8.36. The Balaban J connectivity index is 1.80. The predicted molar refractivity (Wildman–Crippen MR) is 86.9 cm³/mol. The summed E-state index contributed by atoms with van der Waals surface area (Å²) in [6, 6.07) is 5.97. The summed E-state index contributed by atoms with van der Waals surface area (Å²) in [5, 5.41) is 6.57. The highest BCUT2D eigenvalue weighted by atomic mass is 16.7. The van der Waals surface area contributed by atoms with Crippen LogP contribution in [0.2, 0.25) is 0 Å². The van der Waals surface area contributed by atoms with Crippen LogP contribution in [0, 0.1) is 0 Å². The molecule has 2 N–H and O–H groups in total. The first-order chi connectivity index (χ1) is 10.7. The van der Waals surface area contributed by atoms with Gasteiger partial charge < -0.3 is 24.8 Å². The van der Waals surface area contributed by atoms with Gasteiger partial charge in [-0.3, -0.25) is 0 Å². The van der Waals surface area contributed by atoms with E-state index < -0.39 is 0 Å². The molecule has 0 bridgehead atoms. The van der Waals surface area contributed by atoms with E-state index in [9.17, 15) is 0 Å². The zero-order valence-corrected chi connectivity index (χ0v) is 13.5. The van der Waals surface area contributed by atoms with Crippen molar-refractivity contribution in [2.75, 3.05) is 26.5 Å². The smallest absolute Gasteiger partial charge is 0.231 e. The fraction of sp³-hybridized carbons (Fsp3) is 0.562. The molecule has 6 nitrogen and oxygen atoms in total. The van der Waals surface area contributed by atoms with E-state index in [0.717, 1.165) is 36.2 Å². The molecule has 1 unspecified atom stereocenters. The molecule has 2 rings (SSSR count). The second-order valence-corrected chi connectivity index (χ2v) is 5.08. The number of nitrogens with zero attached hydrogens (tertiary/aromatic N) is 1. The number of fused-ring (bicyclic) bond motifs is 1. The van der Waals surface area contributed by atoms with Gasteiger partial charge in [0.05, 0.1) is 6.54 Å². The van der Waals surface area contributed by atoms with E-state index in [1.807, 2.05) is 18.2 Å². The Morgan fingerprint density at radius 2 is 2.14 bits per heavy atom. The number of hydrogen-bond acceptors (Lipinski definition) is 4. The molecule has 0 saturated heterocycles. The fourth-order valence-electron chi connectivity index (χ4n) is 1.94. The molecule has 22 heavy (non-hydrogen) atoms. The lowest BCUT2D eigenvalue weighted by molar-refractivity contribution is 0.174. The highest BCUT2D eigenvalue weighted by Crippen LogP contribution is 2.34. The summed E-state index contributed by atoms with van der Waals surface area (Å²) in [5.41, 5.74) is 0. The molecule has 0 aromatic heterocycles. The van der Waals surface area contributed by atoms with E-state index in [1.165, 1.54) is 0 Å². The molecule has 0 aliphatic carbocycles. The van der Waals surface area contributed by atoms with Gasteiger partial charge >= 0.3 is 0 Å². The topological polar surface area (TPSA) is 64.1 Å². The van der Waals surface area contributed by atoms with Gasteiger partial charge in [-0.15, -0.1) is 0 Å². The molecular weight excluding hydrogens is 282 g/mol. The summed E-state index contributed by atoms with van der Waals surface area (Å²) in [6.45, 7) is 8.54. The van der Waals surface area contributed by atoms with Gasteiger partial charge in [0.25, 0.3) is 0 Å². The summed E-state index contributed by atoms with van der Waals surface area (Å²) in [4.78, 5) is 4.50. The zero-order chi connectivity index (χ0) is 15.8. The van der Waals surface area contributed by atoms with Crippen LogP contribution in [0.5, 0.6) is 17.2 Å². The lowest BCUT2D eigenvalue weighted by Gasteiger charge is -2.16. The van der Waals surface area contributed by atoms with Crippen molar-refractivity contribution < 1.29 is 14.2 Å². The molecule has 0 radical (unpaired) electrons. The van der Waals surface area contributed by atoms with Crippen molar-refractivity contribution in [3.05, 3.63) is 18.2 Å². The third kappa shape index (κ3) is 4.72. The third-order valence-electron chi connectivity index (χ3n) is 3.31. The third-order valence-corrected chi connectivity index (χ3v) is 3.31. The molecule has 0 saturated carbocycles. The molecule has 1 aromatic carbocycles. The molecule has 1 heterocycles. The summed E-state index contributed by atoms with van der Waals surface area (Å²) < 4.78 is 16.3. The Hall–Kier alpha value is -2.11. The Kier molecular flexibility index (Phi) is 6.18.